The first-order valence-electron chi connectivity index (χ1n) is 8.04. The minimum absolute atomic E-state index is 0.0709. The van der Waals surface area contributed by atoms with Crippen molar-refractivity contribution < 1.29 is 9.21 Å². The number of hydrogen-bond acceptors (Lipinski definition) is 5. The number of aromatic nitrogens is 3. The Kier molecular flexibility index (Phi) is 5.55. The number of anilines is 1. The number of carbonyl (C=O) groups is 1. The highest BCUT2D eigenvalue weighted by Crippen LogP contribution is 2.20. The maximum atomic E-state index is 12.2. The predicted octanol–water partition coefficient (Wildman–Crippen LogP) is 3.77. The molecule has 0 saturated heterocycles. The summed E-state index contributed by atoms with van der Waals surface area (Å²) in [6, 6.07) is 11.7. The van der Waals surface area contributed by atoms with E-state index in [1.54, 1.807) is 12.6 Å². The summed E-state index contributed by atoms with van der Waals surface area (Å²) in [5.74, 6) is 1.43. The average molecular weight is 356 g/mol. The van der Waals surface area contributed by atoms with Crippen LogP contribution >= 0.6 is 11.8 Å². The van der Waals surface area contributed by atoms with E-state index in [1.165, 1.54) is 17.3 Å². The number of amides is 1. The highest BCUT2D eigenvalue weighted by atomic mass is 32.2. The molecule has 1 amide bonds. The molecule has 0 aliphatic heterocycles. The van der Waals surface area contributed by atoms with E-state index < -0.39 is 0 Å². The standard InChI is InChI=1S/C18H20N4O2S/c1-13(2)14-5-3-6-15(9-14)20-17(23)11-25-18-21-19-12-22(18)10-16-7-4-8-24-16/h3-9,12-13H,10-11H2,1-2H3,(H,20,23). The summed E-state index contributed by atoms with van der Waals surface area (Å²) in [6.07, 6.45) is 3.26. The number of hydrogen-bond donors (Lipinski definition) is 1. The Balaban J connectivity index is 1.56. The Hall–Kier alpha value is -2.54. The van der Waals surface area contributed by atoms with Crippen LogP contribution in [0.15, 0.2) is 58.6 Å². The van der Waals surface area contributed by atoms with E-state index in [0.29, 0.717) is 17.6 Å². The van der Waals surface area contributed by atoms with Crippen LogP contribution < -0.4 is 5.32 Å². The van der Waals surface area contributed by atoms with Gasteiger partial charge >= 0.3 is 0 Å². The lowest BCUT2D eigenvalue weighted by atomic mass is 10.0. The van der Waals surface area contributed by atoms with Gasteiger partial charge in [0.2, 0.25) is 5.91 Å². The molecular weight excluding hydrogens is 336 g/mol. The molecule has 0 radical (unpaired) electrons. The first-order valence-corrected chi connectivity index (χ1v) is 9.03. The van der Waals surface area contributed by atoms with Crippen LogP contribution in [-0.2, 0) is 11.3 Å². The van der Waals surface area contributed by atoms with Crippen molar-refractivity contribution in [1.82, 2.24) is 14.8 Å². The molecule has 0 spiro atoms. The Morgan fingerprint density at radius 2 is 2.20 bits per heavy atom. The molecule has 7 heteroatoms. The van der Waals surface area contributed by atoms with Crippen LogP contribution in [0.2, 0.25) is 0 Å². The molecule has 2 aromatic heterocycles. The third-order valence-electron chi connectivity index (χ3n) is 3.66. The van der Waals surface area contributed by atoms with E-state index >= 15 is 0 Å². The molecule has 0 saturated carbocycles. The van der Waals surface area contributed by atoms with Crippen molar-refractivity contribution in [3.63, 3.8) is 0 Å². The van der Waals surface area contributed by atoms with Crippen molar-refractivity contribution in [1.29, 1.82) is 0 Å². The van der Waals surface area contributed by atoms with Crippen molar-refractivity contribution >= 4 is 23.4 Å². The SMILES string of the molecule is CC(C)c1cccc(NC(=O)CSc2nncn2Cc2ccco2)c1. The van der Waals surface area contributed by atoms with Crippen LogP contribution in [-0.4, -0.2) is 26.4 Å². The highest BCUT2D eigenvalue weighted by Gasteiger charge is 2.11. The number of benzene rings is 1. The maximum absolute atomic E-state index is 12.2. The van der Waals surface area contributed by atoms with Gasteiger partial charge in [0.05, 0.1) is 18.6 Å². The third kappa shape index (κ3) is 4.73. The minimum Gasteiger partial charge on any atom is -0.467 e. The van der Waals surface area contributed by atoms with Crippen LogP contribution in [0.4, 0.5) is 5.69 Å². The summed E-state index contributed by atoms with van der Waals surface area (Å²) in [4.78, 5) is 12.2. The molecule has 0 atom stereocenters. The molecule has 3 rings (SSSR count). The summed E-state index contributed by atoms with van der Waals surface area (Å²) in [5, 5.41) is 11.6. The van der Waals surface area contributed by atoms with Gasteiger partial charge in [0.25, 0.3) is 0 Å². The van der Waals surface area contributed by atoms with E-state index in [9.17, 15) is 4.79 Å². The number of furan rings is 1. The average Bonchev–Trinajstić information content (AvgIpc) is 3.25. The first kappa shape index (κ1) is 17.3. The van der Waals surface area contributed by atoms with Crippen molar-refractivity contribution in [2.24, 2.45) is 0 Å². The largest absolute Gasteiger partial charge is 0.467 e. The van der Waals surface area contributed by atoms with E-state index in [2.05, 4.69) is 35.4 Å². The fourth-order valence-corrected chi connectivity index (χ4v) is 3.05. The molecule has 0 fully saturated rings. The molecule has 3 aromatic rings. The fourth-order valence-electron chi connectivity index (χ4n) is 2.34. The van der Waals surface area contributed by atoms with Crippen molar-refractivity contribution in [3.05, 3.63) is 60.3 Å². The van der Waals surface area contributed by atoms with Gasteiger partial charge in [-0.25, -0.2) is 0 Å². The normalized spacial score (nSPS) is 11.0. The van der Waals surface area contributed by atoms with Gasteiger partial charge in [-0.05, 0) is 35.7 Å². The van der Waals surface area contributed by atoms with Gasteiger partial charge in [-0.15, -0.1) is 10.2 Å². The van der Waals surface area contributed by atoms with E-state index in [1.807, 2.05) is 34.9 Å². The number of rotatable bonds is 7. The van der Waals surface area contributed by atoms with Crippen LogP contribution in [0, 0.1) is 0 Å². The highest BCUT2D eigenvalue weighted by molar-refractivity contribution is 7.99. The lowest BCUT2D eigenvalue weighted by molar-refractivity contribution is -0.113. The second-order valence-electron chi connectivity index (χ2n) is 5.94. The zero-order valence-corrected chi connectivity index (χ0v) is 15.0. The molecule has 0 bridgehead atoms. The Morgan fingerprint density at radius 1 is 1.32 bits per heavy atom. The van der Waals surface area contributed by atoms with Crippen LogP contribution in [0.1, 0.15) is 31.1 Å². The quantitative estimate of drug-likeness (QED) is 0.652. The van der Waals surface area contributed by atoms with E-state index in [4.69, 9.17) is 4.42 Å². The molecule has 130 valence electrons. The smallest absolute Gasteiger partial charge is 0.234 e. The van der Waals surface area contributed by atoms with Gasteiger partial charge in [-0.3, -0.25) is 4.79 Å². The number of carbonyl (C=O) groups excluding carboxylic acids is 1. The van der Waals surface area contributed by atoms with Crippen molar-refractivity contribution in [3.8, 4) is 0 Å². The lowest BCUT2D eigenvalue weighted by Crippen LogP contribution is -2.14. The third-order valence-corrected chi connectivity index (χ3v) is 4.64. The predicted molar refractivity (Wildman–Crippen MR) is 97.7 cm³/mol. The summed E-state index contributed by atoms with van der Waals surface area (Å²) in [7, 11) is 0. The van der Waals surface area contributed by atoms with Gasteiger partial charge < -0.3 is 14.3 Å². The number of nitrogens with one attached hydrogen (secondary N) is 1. The van der Waals surface area contributed by atoms with Gasteiger partial charge in [0.15, 0.2) is 5.16 Å². The first-order chi connectivity index (χ1) is 12.1. The van der Waals surface area contributed by atoms with Gasteiger partial charge in [-0.2, -0.15) is 0 Å². The van der Waals surface area contributed by atoms with Gasteiger partial charge in [0.1, 0.15) is 12.1 Å². The second kappa shape index (κ2) is 8.02. The molecule has 2 heterocycles. The topological polar surface area (TPSA) is 73.0 Å². The van der Waals surface area contributed by atoms with Crippen molar-refractivity contribution in [2.75, 3.05) is 11.1 Å². The van der Waals surface area contributed by atoms with Crippen LogP contribution in [0.3, 0.4) is 0 Å². The summed E-state index contributed by atoms with van der Waals surface area (Å²) < 4.78 is 7.19. The summed E-state index contributed by atoms with van der Waals surface area (Å²) in [5.41, 5.74) is 2.01. The Labute approximate surface area is 150 Å². The van der Waals surface area contributed by atoms with Crippen LogP contribution in [0.25, 0.3) is 0 Å². The minimum atomic E-state index is -0.0709. The summed E-state index contributed by atoms with van der Waals surface area (Å²) >= 11 is 1.35. The molecule has 0 unspecified atom stereocenters. The lowest BCUT2D eigenvalue weighted by Gasteiger charge is -2.09. The number of nitrogens with zero attached hydrogens (tertiary/aromatic N) is 3. The number of thioether (sulfide) groups is 1. The molecule has 25 heavy (non-hydrogen) atoms. The molecule has 1 N–H and O–H groups in total. The van der Waals surface area contributed by atoms with Crippen LogP contribution in [0.5, 0.6) is 0 Å². The molecule has 0 aliphatic rings. The monoisotopic (exact) mass is 356 g/mol. The Morgan fingerprint density at radius 3 is 2.96 bits per heavy atom. The van der Waals surface area contributed by atoms with Crippen molar-refractivity contribution in [2.45, 2.75) is 31.5 Å². The zero-order chi connectivity index (χ0) is 17.6. The Bertz CT molecular complexity index is 827. The molecular formula is C18H20N4O2S. The molecule has 1 aromatic carbocycles. The second-order valence-corrected chi connectivity index (χ2v) is 6.88. The zero-order valence-electron chi connectivity index (χ0n) is 14.2. The van der Waals surface area contributed by atoms with Gasteiger partial charge in [0, 0.05) is 5.69 Å². The molecule has 0 aliphatic carbocycles. The van der Waals surface area contributed by atoms with Gasteiger partial charge in [-0.1, -0.05) is 37.7 Å². The van der Waals surface area contributed by atoms with E-state index in [0.717, 1.165) is 11.4 Å². The molecule has 6 nitrogen and oxygen atoms in total. The fraction of sp³-hybridized carbons (Fsp3) is 0.278. The maximum Gasteiger partial charge on any atom is 0.234 e. The summed E-state index contributed by atoms with van der Waals surface area (Å²) in [6.45, 7) is 4.80. The van der Waals surface area contributed by atoms with E-state index in [-0.39, 0.29) is 11.7 Å².